The molecule has 1 aromatic carbocycles. The van der Waals surface area contributed by atoms with Crippen LogP contribution in [0.3, 0.4) is 0 Å². The normalized spacial score (nSPS) is 22.1. The maximum atomic E-state index is 13.8. The minimum atomic E-state index is -2.86. The number of sulfone groups is 1. The maximum Gasteiger partial charge on any atom is 0.227 e. The van der Waals surface area contributed by atoms with Crippen LogP contribution in [0.5, 0.6) is 0 Å². The lowest BCUT2D eigenvalue weighted by Gasteiger charge is -2.40. The van der Waals surface area contributed by atoms with Gasteiger partial charge in [0.05, 0.1) is 17.9 Å². The lowest BCUT2D eigenvalue weighted by Crippen LogP contribution is -2.53. The van der Waals surface area contributed by atoms with E-state index < -0.39 is 15.7 Å². The Morgan fingerprint density at radius 2 is 1.80 bits per heavy atom. The van der Waals surface area contributed by atoms with E-state index in [2.05, 4.69) is 4.90 Å². The molecule has 0 atom stereocenters. The molecule has 138 valence electrons. The largest absolute Gasteiger partial charge is 0.340 e. The van der Waals surface area contributed by atoms with E-state index in [1.807, 2.05) is 0 Å². The number of piperazine rings is 1. The molecule has 1 amide bonds. The smallest absolute Gasteiger partial charge is 0.227 e. The van der Waals surface area contributed by atoms with Crippen LogP contribution < -0.4 is 0 Å². The van der Waals surface area contributed by atoms with Gasteiger partial charge in [-0.2, -0.15) is 0 Å². The summed E-state index contributed by atoms with van der Waals surface area (Å²) >= 11 is 5.99. The summed E-state index contributed by atoms with van der Waals surface area (Å²) in [5, 5.41) is 0.274. The first-order valence-electron chi connectivity index (χ1n) is 8.51. The number of nitrogens with zero attached hydrogens (tertiary/aromatic N) is 2. The van der Waals surface area contributed by atoms with Crippen molar-refractivity contribution in [2.75, 3.05) is 37.7 Å². The standard InChI is InChI=1S/C17H22ClFN2O3S/c18-15-2-1-3-16(19)14(15)12-17(22)21-8-6-20(7-9-21)13-4-10-25(23,24)11-5-13/h1-3,13H,4-12H2. The average Bonchev–Trinajstić information content (AvgIpc) is 2.58. The zero-order valence-electron chi connectivity index (χ0n) is 14.0. The number of amides is 1. The van der Waals surface area contributed by atoms with Crippen LogP contribution in [0.15, 0.2) is 18.2 Å². The molecule has 8 heteroatoms. The van der Waals surface area contributed by atoms with Gasteiger partial charge in [0, 0.05) is 42.8 Å². The van der Waals surface area contributed by atoms with Gasteiger partial charge in [-0.3, -0.25) is 9.69 Å². The molecule has 2 fully saturated rings. The number of halogens is 2. The highest BCUT2D eigenvalue weighted by Crippen LogP contribution is 2.22. The van der Waals surface area contributed by atoms with Crippen LogP contribution in [-0.4, -0.2) is 67.9 Å². The second kappa shape index (κ2) is 7.60. The Morgan fingerprint density at radius 1 is 1.16 bits per heavy atom. The number of rotatable bonds is 3. The number of benzene rings is 1. The first kappa shape index (κ1) is 18.6. The van der Waals surface area contributed by atoms with E-state index in [0.29, 0.717) is 25.9 Å². The molecule has 3 rings (SSSR count). The molecular formula is C17H22ClFN2O3S. The van der Waals surface area contributed by atoms with Gasteiger partial charge in [-0.1, -0.05) is 17.7 Å². The Kier molecular flexibility index (Phi) is 5.65. The number of carbonyl (C=O) groups is 1. The minimum absolute atomic E-state index is 0.0345. The molecule has 0 N–H and O–H groups in total. The minimum Gasteiger partial charge on any atom is -0.340 e. The summed E-state index contributed by atoms with van der Waals surface area (Å²) in [5.41, 5.74) is 0.245. The molecule has 2 saturated heterocycles. The highest BCUT2D eigenvalue weighted by Gasteiger charge is 2.31. The van der Waals surface area contributed by atoms with Crippen LogP contribution in [0, 0.1) is 5.82 Å². The zero-order chi connectivity index (χ0) is 18.0. The number of hydrogen-bond acceptors (Lipinski definition) is 4. The summed E-state index contributed by atoms with van der Waals surface area (Å²) < 4.78 is 36.9. The number of carbonyl (C=O) groups excluding carboxylic acids is 1. The molecule has 0 radical (unpaired) electrons. The molecule has 0 unspecified atom stereocenters. The van der Waals surface area contributed by atoms with Crippen molar-refractivity contribution in [2.45, 2.75) is 25.3 Å². The second-order valence-corrected chi connectivity index (χ2v) is 9.39. The van der Waals surface area contributed by atoms with E-state index in [1.165, 1.54) is 12.1 Å². The Balaban J connectivity index is 1.53. The maximum absolute atomic E-state index is 13.8. The van der Waals surface area contributed by atoms with E-state index in [4.69, 9.17) is 11.6 Å². The quantitative estimate of drug-likeness (QED) is 0.791. The van der Waals surface area contributed by atoms with E-state index in [-0.39, 0.29) is 40.5 Å². The molecule has 1 aromatic rings. The Labute approximate surface area is 152 Å². The van der Waals surface area contributed by atoms with Gasteiger partial charge in [-0.05, 0) is 25.0 Å². The lowest BCUT2D eigenvalue weighted by atomic mass is 10.1. The van der Waals surface area contributed by atoms with Gasteiger partial charge in [0.15, 0.2) is 0 Å². The van der Waals surface area contributed by atoms with E-state index in [0.717, 1.165) is 13.1 Å². The topological polar surface area (TPSA) is 57.7 Å². The lowest BCUT2D eigenvalue weighted by molar-refractivity contribution is -0.132. The predicted octanol–water partition coefficient (Wildman–Crippen LogP) is 1.74. The van der Waals surface area contributed by atoms with Crippen molar-refractivity contribution >= 4 is 27.3 Å². The molecule has 0 saturated carbocycles. The van der Waals surface area contributed by atoms with Crippen molar-refractivity contribution in [3.05, 3.63) is 34.6 Å². The van der Waals surface area contributed by atoms with Crippen LogP contribution in [0.2, 0.25) is 5.02 Å². The Hall–Kier alpha value is -1.18. The highest BCUT2D eigenvalue weighted by molar-refractivity contribution is 7.91. The van der Waals surface area contributed by atoms with Gasteiger partial charge in [-0.15, -0.1) is 0 Å². The summed E-state index contributed by atoms with van der Waals surface area (Å²) in [4.78, 5) is 16.5. The fourth-order valence-corrected chi connectivity index (χ4v) is 5.24. The van der Waals surface area contributed by atoms with E-state index >= 15 is 0 Å². The summed E-state index contributed by atoms with van der Waals surface area (Å²) in [6.07, 6.45) is 1.30. The van der Waals surface area contributed by atoms with Crippen molar-refractivity contribution in [1.29, 1.82) is 0 Å². The zero-order valence-corrected chi connectivity index (χ0v) is 15.5. The predicted molar refractivity (Wildman–Crippen MR) is 94.9 cm³/mol. The molecular weight excluding hydrogens is 367 g/mol. The Bertz CT molecular complexity index is 714. The van der Waals surface area contributed by atoms with E-state index in [1.54, 1.807) is 11.0 Å². The molecule has 2 aliphatic rings. The monoisotopic (exact) mass is 388 g/mol. The first-order chi connectivity index (χ1) is 11.9. The average molecular weight is 389 g/mol. The molecule has 25 heavy (non-hydrogen) atoms. The van der Waals surface area contributed by atoms with Crippen molar-refractivity contribution in [3.63, 3.8) is 0 Å². The van der Waals surface area contributed by atoms with Crippen molar-refractivity contribution in [1.82, 2.24) is 9.80 Å². The Morgan fingerprint density at radius 3 is 2.40 bits per heavy atom. The molecule has 0 aliphatic carbocycles. The SMILES string of the molecule is O=C(Cc1c(F)cccc1Cl)N1CCN(C2CCS(=O)(=O)CC2)CC1. The summed E-state index contributed by atoms with van der Waals surface area (Å²) in [6.45, 7) is 2.60. The van der Waals surface area contributed by atoms with Crippen LogP contribution in [-0.2, 0) is 21.1 Å². The first-order valence-corrected chi connectivity index (χ1v) is 10.7. The van der Waals surface area contributed by atoms with Crippen LogP contribution in [0.4, 0.5) is 4.39 Å². The third-order valence-electron chi connectivity index (χ3n) is 5.10. The van der Waals surface area contributed by atoms with Crippen molar-refractivity contribution in [3.8, 4) is 0 Å². The van der Waals surface area contributed by atoms with Gasteiger partial charge in [0.25, 0.3) is 0 Å². The molecule has 2 aliphatic heterocycles. The van der Waals surface area contributed by atoms with Gasteiger partial charge in [0.1, 0.15) is 15.7 Å². The number of hydrogen-bond donors (Lipinski definition) is 0. The third kappa shape index (κ3) is 4.51. The van der Waals surface area contributed by atoms with E-state index in [9.17, 15) is 17.6 Å². The van der Waals surface area contributed by atoms with Crippen LogP contribution in [0.1, 0.15) is 18.4 Å². The third-order valence-corrected chi connectivity index (χ3v) is 7.17. The van der Waals surface area contributed by atoms with Crippen molar-refractivity contribution in [2.24, 2.45) is 0 Å². The van der Waals surface area contributed by atoms with Gasteiger partial charge < -0.3 is 4.90 Å². The summed E-state index contributed by atoms with van der Waals surface area (Å²) in [7, 11) is -2.86. The molecule has 2 heterocycles. The molecule has 5 nitrogen and oxygen atoms in total. The van der Waals surface area contributed by atoms with Gasteiger partial charge in [0.2, 0.25) is 5.91 Å². The van der Waals surface area contributed by atoms with Gasteiger partial charge in [-0.25, -0.2) is 12.8 Å². The van der Waals surface area contributed by atoms with Crippen molar-refractivity contribution < 1.29 is 17.6 Å². The molecule has 0 spiro atoms. The second-order valence-electron chi connectivity index (χ2n) is 6.68. The fraction of sp³-hybridized carbons (Fsp3) is 0.588. The van der Waals surface area contributed by atoms with Crippen LogP contribution in [0.25, 0.3) is 0 Å². The van der Waals surface area contributed by atoms with Crippen LogP contribution >= 0.6 is 11.6 Å². The fourth-order valence-electron chi connectivity index (χ4n) is 3.54. The summed E-state index contributed by atoms with van der Waals surface area (Å²) in [5.74, 6) is -0.0775. The summed E-state index contributed by atoms with van der Waals surface area (Å²) in [6, 6.07) is 4.70. The highest BCUT2D eigenvalue weighted by atomic mass is 35.5. The molecule has 0 aromatic heterocycles. The van der Waals surface area contributed by atoms with Gasteiger partial charge >= 0.3 is 0 Å². The molecule has 0 bridgehead atoms.